The topological polar surface area (TPSA) is 32.7 Å². The molecule has 3 heteroatoms. The number of aryl methyl sites for hydroxylation is 1. The van der Waals surface area contributed by atoms with Crippen LogP contribution in [-0.4, -0.2) is 36.2 Å². The number of aliphatic hydroxyl groups is 1. The maximum Gasteiger partial charge on any atom is 0.119 e. The number of hydrogen-bond acceptors (Lipinski definition) is 3. The number of ether oxygens (including phenoxy) is 1. The molecule has 0 bridgehead atoms. The normalized spacial score (nSPS) is 23.5. The summed E-state index contributed by atoms with van der Waals surface area (Å²) in [6, 6.07) is 6.77. The van der Waals surface area contributed by atoms with Crippen LogP contribution in [0.5, 0.6) is 5.75 Å². The maximum atomic E-state index is 10.7. The van der Waals surface area contributed by atoms with Gasteiger partial charge in [0.25, 0.3) is 0 Å². The highest BCUT2D eigenvalue weighted by Crippen LogP contribution is 2.35. The number of hydrogen-bond donors (Lipinski definition) is 1. The second-order valence-electron chi connectivity index (χ2n) is 5.92. The minimum atomic E-state index is -0.418. The lowest BCUT2D eigenvalue weighted by molar-refractivity contribution is 0.0294. The van der Waals surface area contributed by atoms with Gasteiger partial charge in [-0.05, 0) is 56.5 Å². The Morgan fingerprint density at radius 3 is 2.85 bits per heavy atom. The smallest absolute Gasteiger partial charge is 0.119 e. The Labute approximate surface area is 122 Å². The molecule has 20 heavy (non-hydrogen) atoms. The van der Waals surface area contributed by atoms with Crippen molar-refractivity contribution in [3.8, 4) is 5.75 Å². The largest absolute Gasteiger partial charge is 0.497 e. The van der Waals surface area contributed by atoms with Gasteiger partial charge in [-0.1, -0.05) is 19.4 Å². The van der Waals surface area contributed by atoms with E-state index in [9.17, 15) is 5.11 Å². The number of rotatable bonds is 5. The Kier molecular flexibility index (Phi) is 5.06. The summed E-state index contributed by atoms with van der Waals surface area (Å²) in [5.41, 5.74) is 2.29. The van der Waals surface area contributed by atoms with Gasteiger partial charge in [-0.2, -0.15) is 0 Å². The predicted molar refractivity (Wildman–Crippen MR) is 82.2 cm³/mol. The van der Waals surface area contributed by atoms with E-state index >= 15 is 0 Å². The van der Waals surface area contributed by atoms with Crippen LogP contribution < -0.4 is 4.74 Å². The molecule has 0 amide bonds. The third-order valence-electron chi connectivity index (χ3n) is 4.67. The Hall–Kier alpha value is -1.06. The second-order valence-corrected chi connectivity index (χ2v) is 5.92. The lowest BCUT2D eigenvalue weighted by Gasteiger charge is -2.39. The lowest BCUT2D eigenvalue weighted by atomic mass is 9.84. The van der Waals surface area contributed by atoms with E-state index in [1.54, 1.807) is 7.11 Å². The summed E-state index contributed by atoms with van der Waals surface area (Å²) < 4.78 is 5.29. The van der Waals surface area contributed by atoms with Crippen LogP contribution in [-0.2, 0) is 6.42 Å². The van der Waals surface area contributed by atoms with Gasteiger partial charge in [0.1, 0.15) is 5.75 Å². The summed E-state index contributed by atoms with van der Waals surface area (Å²) >= 11 is 0. The highest BCUT2D eigenvalue weighted by atomic mass is 16.5. The van der Waals surface area contributed by atoms with Crippen LogP contribution >= 0.6 is 0 Å². The first-order chi connectivity index (χ1) is 9.58. The van der Waals surface area contributed by atoms with Crippen LogP contribution in [0.15, 0.2) is 18.2 Å². The van der Waals surface area contributed by atoms with Crippen molar-refractivity contribution in [1.82, 2.24) is 4.90 Å². The number of fused-ring (bicyclic) bond motifs is 1. The monoisotopic (exact) mass is 277 g/mol. The number of benzene rings is 1. The predicted octanol–water partition coefficient (Wildman–Crippen LogP) is 3.16. The average Bonchev–Trinajstić information content (AvgIpc) is 2.47. The lowest BCUT2D eigenvalue weighted by Crippen LogP contribution is -2.44. The van der Waals surface area contributed by atoms with Crippen LogP contribution in [0.25, 0.3) is 0 Å². The molecule has 0 spiro atoms. The zero-order valence-electron chi connectivity index (χ0n) is 13.1. The molecule has 1 aromatic rings. The number of methoxy groups -OCH3 is 1. The van der Waals surface area contributed by atoms with Crippen LogP contribution in [0.1, 0.15) is 50.3 Å². The molecule has 3 nitrogen and oxygen atoms in total. The first kappa shape index (κ1) is 15.3. The van der Waals surface area contributed by atoms with Crippen molar-refractivity contribution in [2.75, 3.05) is 14.2 Å². The van der Waals surface area contributed by atoms with Gasteiger partial charge in [0.2, 0.25) is 0 Å². The van der Waals surface area contributed by atoms with Gasteiger partial charge >= 0.3 is 0 Å². The van der Waals surface area contributed by atoms with Crippen molar-refractivity contribution < 1.29 is 9.84 Å². The summed E-state index contributed by atoms with van der Waals surface area (Å²) in [5, 5.41) is 10.7. The van der Waals surface area contributed by atoms with Crippen LogP contribution in [0.3, 0.4) is 0 Å². The molecule has 3 atom stereocenters. The van der Waals surface area contributed by atoms with Crippen molar-refractivity contribution in [2.24, 2.45) is 0 Å². The van der Waals surface area contributed by atoms with E-state index in [1.807, 2.05) is 12.1 Å². The molecule has 0 aromatic heterocycles. The third kappa shape index (κ3) is 2.99. The van der Waals surface area contributed by atoms with Crippen molar-refractivity contribution in [1.29, 1.82) is 0 Å². The summed E-state index contributed by atoms with van der Waals surface area (Å²) in [5.74, 6) is 0.827. The molecular weight excluding hydrogens is 250 g/mol. The quantitative estimate of drug-likeness (QED) is 0.897. The molecule has 0 saturated heterocycles. The summed E-state index contributed by atoms with van der Waals surface area (Å²) in [6.07, 6.45) is 3.98. The number of likely N-dealkylation sites (N-methyl/N-ethyl adjacent to an activating group) is 1. The molecule has 0 saturated carbocycles. The number of nitrogens with zero attached hydrogens (tertiary/aromatic N) is 1. The first-order valence-corrected chi connectivity index (χ1v) is 7.65. The molecule has 2 rings (SSSR count). The maximum absolute atomic E-state index is 10.7. The minimum Gasteiger partial charge on any atom is -0.497 e. The Morgan fingerprint density at radius 1 is 1.45 bits per heavy atom. The van der Waals surface area contributed by atoms with Gasteiger partial charge < -0.3 is 9.84 Å². The van der Waals surface area contributed by atoms with Crippen molar-refractivity contribution in [2.45, 2.75) is 57.7 Å². The molecule has 0 aliphatic heterocycles. The third-order valence-corrected chi connectivity index (χ3v) is 4.67. The summed E-state index contributed by atoms with van der Waals surface area (Å²) in [7, 11) is 3.81. The van der Waals surface area contributed by atoms with E-state index in [-0.39, 0.29) is 6.04 Å². The van der Waals surface area contributed by atoms with E-state index in [0.29, 0.717) is 6.04 Å². The van der Waals surface area contributed by atoms with Gasteiger partial charge in [-0.25, -0.2) is 0 Å². The van der Waals surface area contributed by atoms with E-state index in [2.05, 4.69) is 31.9 Å². The van der Waals surface area contributed by atoms with Crippen molar-refractivity contribution in [3.05, 3.63) is 29.3 Å². The van der Waals surface area contributed by atoms with Gasteiger partial charge in [-0.15, -0.1) is 0 Å². The zero-order chi connectivity index (χ0) is 14.7. The van der Waals surface area contributed by atoms with E-state index in [4.69, 9.17) is 4.74 Å². The van der Waals surface area contributed by atoms with Gasteiger partial charge in [0, 0.05) is 12.1 Å². The molecule has 0 radical (unpaired) electrons. The highest BCUT2D eigenvalue weighted by molar-refractivity contribution is 5.39. The molecule has 1 N–H and O–H groups in total. The molecule has 112 valence electrons. The molecular formula is C17H27NO2. The Morgan fingerprint density at radius 2 is 2.20 bits per heavy atom. The van der Waals surface area contributed by atoms with Crippen LogP contribution in [0.2, 0.25) is 0 Å². The molecule has 0 heterocycles. The minimum absolute atomic E-state index is 0.205. The standard InChI is InChI=1S/C17H27NO2/c1-5-6-12(2)18(3)16-10-8-13-7-9-14(20-4)11-15(13)17(16)19/h7,9,11-12,16-17,19H,5-6,8,10H2,1-4H3. The first-order valence-electron chi connectivity index (χ1n) is 7.65. The molecule has 0 fully saturated rings. The molecule has 3 unspecified atom stereocenters. The molecule has 1 aromatic carbocycles. The summed E-state index contributed by atoms with van der Waals surface area (Å²) in [6.45, 7) is 4.46. The van der Waals surface area contributed by atoms with Gasteiger partial charge in [0.15, 0.2) is 0 Å². The van der Waals surface area contributed by atoms with E-state index in [1.165, 1.54) is 18.4 Å². The van der Waals surface area contributed by atoms with Crippen molar-refractivity contribution in [3.63, 3.8) is 0 Å². The SMILES string of the molecule is CCCC(C)N(C)C1CCc2ccc(OC)cc2C1O. The highest BCUT2D eigenvalue weighted by Gasteiger charge is 2.32. The van der Waals surface area contributed by atoms with Crippen LogP contribution in [0, 0.1) is 0 Å². The number of aliphatic hydroxyl groups excluding tert-OH is 1. The second kappa shape index (κ2) is 6.59. The fraction of sp³-hybridized carbons (Fsp3) is 0.647. The fourth-order valence-electron chi connectivity index (χ4n) is 3.25. The summed E-state index contributed by atoms with van der Waals surface area (Å²) in [4.78, 5) is 2.34. The van der Waals surface area contributed by atoms with Gasteiger partial charge in [0.05, 0.1) is 13.2 Å². The zero-order valence-corrected chi connectivity index (χ0v) is 13.1. The van der Waals surface area contributed by atoms with E-state index < -0.39 is 6.10 Å². The Bertz CT molecular complexity index is 447. The average molecular weight is 277 g/mol. The fourth-order valence-corrected chi connectivity index (χ4v) is 3.25. The van der Waals surface area contributed by atoms with Crippen LogP contribution in [0.4, 0.5) is 0 Å². The van der Waals surface area contributed by atoms with Gasteiger partial charge in [-0.3, -0.25) is 4.90 Å². The molecule has 1 aliphatic carbocycles. The van der Waals surface area contributed by atoms with Crippen molar-refractivity contribution >= 4 is 0 Å². The van der Waals surface area contributed by atoms with E-state index in [0.717, 1.165) is 24.2 Å². The Balaban J connectivity index is 2.19. The molecule has 1 aliphatic rings.